The van der Waals surface area contributed by atoms with Crippen molar-refractivity contribution in [1.82, 2.24) is 9.97 Å². The Labute approximate surface area is 133 Å². The van der Waals surface area contributed by atoms with E-state index in [2.05, 4.69) is 55.1 Å². The van der Waals surface area contributed by atoms with Crippen molar-refractivity contribution in [2.24, 2.45) is 0 Å². The van der Waals surface area contributed by atoms with Gasteiger partial charge in [-0.25, -0.2) is 4.98 Å². The van der Waals surface area contributed by atoms with Gasteiger partial charge in [-0.2, -0.15) is 0 Å². The third kappa shape index (κ3) is 5.80. The number of nitrogens with zero attached hydrogens (tertiary/aromatic N) is 2. The van der Waals surface area contributed by atoms with Crippen molar-refractivity contribution in [2.75, 3.05) is 14.2 Å². The topological polar surface area (TPSA) is 44.2 Å². The van der Waals surface area contributed by atoms with Gasteiger partial charge in [0.15, 0.2) is 0 Å². The quantitative estimate of drug-likeness (QED) is 0.499. The maximum absolute atomic E-state index is 4.95. The molecule has 4 nitrogen and oxygen atoms in total. The molecule has 2 aromatic rings. The molecule has 0 saturated heterocycles. The van der Waals surface area contributed by atoms with E-state index in [1.54, 1.807) is 26.6 Å². The highest BCUT2D eigenvalue weighted by Gasteiger charge is 1.90. The molecule has 0 amide bonds. The minimum atomic E-state index is 0.668. The van der Waals surface area contributed by atoms with Crippen molar-refractivity contribution in [3.63, 3.8) is 0 Å². The molecule has 0 aliphatic rings. The SMILES string of the molecule is COc1cc(I)ccn1.COc1ccnc(I)c1. The van der Waals surface area contributed by atoms with Crippen LogP contribution in [0.25, 0.3) is 0 Å². The molecule has 0 fully saturated rings. The molecule has 18 heavy (non-hydrogen) atoms. The van der Waals surface area contributed by atoms with E-state index in [0.717, 1.165) is 13.0 Å². The Balaban J connectivity index is 0.000000180. The van der Waals surface area contributed by atoms with Crippen LogP contribution in [-0.2, 0) is 0 Å². The zero-order valence-corrected chi connectivity index (χ0v) is 14.2. The lowest BCUT2D eigenvalue weighted by Gasteiger charge is -1.96. The number of halogens is 2. The molecule has 0 saturated carbocycles. The molecule has 0 bridgehead atoms. The first-order valence-corrected chi connectivity index (χ1v) is 7.12. The van der Waals surface area contributed by atoms with Crippen molar-refractivity contribution in [2.45, 2.75) is 0 Å². The molecule has 0 unspecified atom stereocenters. The van der Waals surface area contributed by atoms with Crippen molar-refractivity contribution < 1.29 is 9.47 Å². The molecule has 0 N–H and O–H groups in total. The molecule has 2 rings (SSSR count). The van der Waals surface area contributed by atoms with Gasteiger partial charge in [0.25, 0.3) is 0 Å². The molecule has 2 aromatic heterocycles. The van der Waals surface area contributed by atoms with Crippen molar-refractivity contribution in [3.8, 4) is 11.6 Å². The highest BCUT2D eigenvalue weighted by Crippen LogP contribution is 2.10. The Bertz CT molecular complexity index is 450. The van der Waals surface area contributed by atoms with E-state index in [4.69, 9.17) is 9.47 Å². The van der Waals surface area contributed by atoms with E-state index >= 15 is 0 Å². The summed E-state index contributed by atoms with van der Waals surface area (Å²) in [5.41, 5.74) is 0. The fraction of sp³-hybridized carbons (Fsp3) is 0.167. The average Bonchev–Trinajstić information content (AvgIpc) is 2.39. The van der Waals surface area contributed by atoms with Gasteiger partial charge in [-0.1, -0.05) is 0 Å². The normalized spacial score (nSPS) is 9.11. The summed E-state index contributed by atoms with van der Waals surface area (Å²) in [5.74, 6) is 1.52. The first-order chi connectivity index (χ1) is 8.65. The summed E-state index contributed by atoms with van der Waals surface area (Å²) in [5, 5.41) is 0. The van der Waals surface area contributed by atoms with Crippen LogP contribution in [0.3, 0.4) is 0 Å². The predicted molar refractivity (Wildman–Crippen MR) is 87.0 cm³/mol. The molecule has 0 aromatic carbocycles. The Morgan fingerprint density at radius 2 is 1.67 bits per heavy atom. The molecule has 0 radical (unpaired) electrons. The van der Waals surface area contributed by atoms with Gasteiger partial charge in [0.05, 0.1) is 14.2 Å². The van der Waals surface area contributed by atoms with E-state index in [9.17, 15) is 0 Å². The summed E-state index contributed by atoms with van der Waals surface area (Å²) in [4.78, 5) is 7.93. The number of pyridine rings is 2. The summed E-state index contributed by atoms with van der Waals surface area (Å²) >= 11 is 4.35. The highest BCUT2D eigenvalue weighted by molar-refractivity contribution is 14.1. The molecule has 0 spiro atoms. The molecular weight excluding hydrogens is 458 g/mol. The number of ether oxygens (including phenoxy) is 2. The molecule has 0 aliphatic carbocycles. The van der Waals surface area contributed by atoms with Gasteiger partial charge in [-0.05, 0) is 57.3 Å². The van der Waals surface area contributed by atoms with Crippen LogP contribution in [0.1, 0.15) is 0 Å². The van der Waals surface area contributed by atoms with Gasteiger partial charge < -0.3 is 9.47 Å². The van der Waals surface area contributed by atoms with E-state index < -0.39 is 0 Å². The Morgan fingerprint density at radius 1 is 0.944 bits per heavy atom. The second-order valence-corrected chi connectivity index (χ2v) is 5.39. The van der Waals surface area contributed by atoms with Gasteiger partial charge >= 0.3 is 0 Å². The largest absolute Gasteiger partial charge is 0.497 e. The van der Waals surface area contributed by atoms with Crippen LogP contribution >= 0.6 is 45.2 Å². The number of hydrogen-bond acceptors (Lipinski definition) is 4. The van der Waals surface area contributed by atoms with Gasteiger partial charge in [0.1, 0.15) is 9.45 Å². The fourth-order valence-electron chi connectivity index (χ4n) is 1.01. The van der Waals surface area contributed by atoms with Gasteiger partial charge in [0.2, 0.25) is 5.88 Å². The Morgan fingerprint density at radius 3 is 2.11 bits per heavy atom. The third-order valence-electron chi connectivity index (χ3n) is 1.84. The Kier molecular flexibility index (Phi) is 7.25. The number of methoxy groups -OCH3 is 2. The summed E-state index contributed by atoms with van der Waals surface area (Å²) in [7, 11) is 3.25. The minimum Gasteiger partial charge on any atom is -0.497 e. The lowest BCUT2D eigenvalue weighted by molar-refractivity contribution is 0.397. The number of aromatic nitrogens is 2. The van der Waals surface area contributed by atoms with Gasteiger partial charge in [-0.15, -0.1) is 0 Å². The summed E-state index contributed by atoms with van der Waals surface area (Å²) in [6.45, 7) is 0. The van der Waals surface area contributed by atoms with E-state index in [0.29, 0.717) is 5.88 Å². The zero-order valence-electron chi connectivity index (χ0n) is 9.93. The van der Waals surface area contributed by atoms with Crippen LogP contribution in [0.15, 0.2) is 36.7 Å². The Hall–Kier alpha value is -0.640. The van der Waals surface area contributed by atoms with Crippen molar-refractivity contribution >= 4 is 45.2 Å². The predicted octanol–water partition coefficient (Wildman–Crippen LogP) is 3.39. The van der Waals surface area contributed by atoms with Crippen molar-refractivity contribution in [3.05, 3.63) is 43.9 Å². The van der Waals surface area contributed by atoms with Gasteiger partial charge in [-0.3, -0.25) is 4.98 Å². The molecule has 0 aliphatic heterocycles. The van der Waals surface area contributed by atoms with Crippen LogP contribution in [0, 0.1) is 7.27 Å². The second-order valence-electron chi connectivity index (χ2n) is 3.03. The average molecular weight is 470 g/mol. The molecule has 6 heteroatoms. The van der Waals surface area contributed by atoms with Crippen LogP contribution in [-0.4, -0.2) is 24.2 Å². The van der Waals surface area contributed by atoms with Gasteiger partial charge in [0, 0.05) is 28.1 Å². The summed E-state index contributed by atoms with van der Waals surface area (Å²) in [6.07, 6.45) is 3.45. The maximum atomic E-state index is 4.95. The number of rotatable bonds is 2. The maximum Gasteiger partial charge on any atom is 0.213 e. The third-order valence-corrected chi connectivity index (χ3v) is 3.10. The highest BCUT2D eigenvalue weighted by atomic mass is 127. The van der Waals surface area contributed by atoms with E-state index in [1.807, 2.05) is 24.3 Å². The molecule has 0 atom stereocenters. The first-order valence-electron chi connectivity index (χ1n) is 4.97. The standard InChI is InChI=1S/2C6H6INO/c1-9-5-2-3-8-6(7)4-5;1-9-6-4-5(7)2-3-8-6/h2*2-4H,1H3. The zero-order chi connectivity index (χ0) is 13.4. The molecule has 96 valence electrons. The van der Waals surface area contributed by atoms with Crippen molar-refractivity contribution in [1.29, 1.82) is 0 Å². The lowest BCUT2D eigenvalue weighted by Crippen LogP contribution is -1.85. The molecular formula is C12H12I2N2O2. The first kappa shape index (κ1) is 15.4. The second kappa shape index (κ2) is 8.46. The molecule has 2 heterocycles. The number of hydrogen-bond donors (Lipinski definition) is 0. The van der Waals surface area contributed by atoms with Crippen LogP contribution < -0.4 is 9.47 Å². The fourth-order valence-corrected chi connectivity index (χ4v) is 1.90. The van der Waals surface area contributed by atoms with Crippen LogP contribution in [0.5, 0.6) is 11.6 Å². The van der Waals surface area contributed by atoms with Crippen LogP contribution in [0.2, 0.25) is 0 Å². The summed E-state index contributed by atoms with van der Waals surface area (Å²) in [6, 6.07) is 7.49. The van der Waals surface area contributed by atoms with E-state index in [-0.39, 0.29) is 0 Å². The monoisotopic (exact) mass is 470 g/mol. The smallest absolute Gasteiger partial charge is 0.213 e. The lowest BCUT2D eigenvalue weighted by atomic mass is 10.5. The van der Waals surface area contributed by atoms with E-state index in [1.165, 1.54) is 0 Å². The van der Waals surface area contributed by atoms with Crippen LogP contribution in [0.4, 0.5) is 0 Å². The summed E-state index contributed by atoms with van der Waals surface area (Å²) < 4.78 is 11.9. The minimum absolute atomic E-state index is 0.668.